The van der Waals surface area contributed by atoms with Crippen molar-refractivity contribution in [1.29, 1.82) is 0 Å². The largest absolute Gasteiger partial charge is 0.439 e. The Labute approximate surface area is 150 Å². The van der Waals surface area contributed by atoms with Crippen molar-refractivity contribution in [3.05, 3.63) is 71.4 Å². The summed E-state index contributed by atoms with van der Waals surface area (Å²) in [7, 11) is 0. The molecule has 0 bridgehead atoms. The van der Waals surface area contributed by atoms with Crippen LogP contribution in [0.1, 0.15) is 35.1 Å². The van der Waals surface area contributed by atoms with Gasteiger partial charge in [0.1, 0.15) is 17.3 Å². The van der Waals surface area contributed by atoms with E-state index in [0.717, 1.165) is 24.1 Å². The second kappa shape index (κ2) is 8.24. The Bertz CT molecular complexity index is 860. The molecule has 0 aliphatic rings. The number of H-pyrrole nitrogens is 1. The predicted octanol–water partition coefficient (Wildman–Crippen LogP) is 3.62. The molecular formula is C19H19FN4O2. The second-order valence-corrected chi connectivity index (χ2v) is 5.77. The molecular weight excluding hydrogens is 335 g/mol. The minimum Gasteiger partial charge on any atom is -0.439 e. The lowest BCUT2D eigenvalue weighted by Gasteiger charge is -2.06. The Balaban J connectivity index is 1.53. The molecule has 134 valence electrons. The number of nitrogens with zero attached hydrogens (tertiary/aromatic N) is 2. The van der Waals surface area contributed by atoms with E-state index in [1.165, 1.54) is 24.3 Å². The summed E-state index contributed by atoms with van der Waals surface area (Å²) in [5.74, 6) is 0.329. The molecule has 0 atom stereocenters. The van der Waals surface area contributed by atoms with E-state index in [2.05, 4.69) is 27.4 Å². The van der Waals surface area contributed by atoms with Crippen LogP contribution in [0.4, 0.5) is 4.39 Å². The predicted molar refractivity (Wildman–Crippen MR) is 94.5 cm³/mol. The summed E-state index contributed by atoms with van der Waals surface area (Å²) < 4.78 is 18.4. The van der Waals surface area contributed by atoms with Gasteiger partial charge < -0.3 is 10.1 Å². The molecule has 0 unspecified atom stereocenters. The van der Waals surface area contributed by atoms with Crippen LogP contribution < -0.4 is 10.1 Å². The first kappa shape index (κ1) is 17.6. The van der Waals surface area contributed by atoms with Crippen molar-refractivity contribution in [2.75, 3.05) is 0 Å². The molecule has 7 heteroatoms. The molecule has 1 aromatic carbocycles. The number of carbonyl (C=O) groups excluding carboxylic acids is 1. The van der Waals surface area contributed by atoms with Gasteiger partial charge in [-0.05, 0) is 42.3 Å². The maximum Gasteiger partial charge on any atom is 0.272 e. The standard InChI is InChI=1S/C19H19FN4O2/c1-2-3-15-10-17(24-23-15)19(25)22-12-13-4-9-18(21-11-13)26-16-7-5-14(20)6-8-16/h4-11H,2-3,12H2,1H3,(H,22,25)(H,23,24). The highest BCUT2D eigenvalue weighted by atomic mass is 19.1. The smallest absolute Gasteiger partial charge is 0.272 e. The first-order valence-corrected chi connectivity index (χ1v) is 8.35. The van der Waals surface area contributed by atoms with Crippen LogP contribution in [0.15, 0.2) is 48.7 Å². The number of carbonyl (C=O) groups is 1. The van der Waals surface area contributed by atoms with Crippen LogP contribution in [0, 0.1) is 5.82 Å². The Morgan fingerprint density at radius 3 is 2.73 bits per heavy atom. The maximum absolute atomic E-state index is 12.9. The van der Waals surface area contributed by atoms with Gasteiger partial charge >= 0.3 is 0 Å². The first-order valence-electron chi connectivity index (χ1n) is 8.35. The van der Waals surface area contributed by atoms with Gasteiger partial charge in [-0.2, -0.15) is 5.10 Å². The van der Waals surface area contributed by atoms with Crippen LogP contribution in [-0.2, 0) is 13.0 Å². The van der Waals surface area contributed by atoms with Gasteiger partial charge in [-0.15, -0.1) is 0 Å². The summed E-state index contributed by atoms with van der Waals surface area (Å²) in [6.07, 6.45) is 3.47. The zero-order chi connectivity index (χ0) is 18.4. The number of aromatic amines is 1. The Kier molecular flexibility index (Phi) is 5.58. The molecule has 0 aliphatic heterocycles. The number of halogens is 1. The van der Waals surface area contributed by atoms with Crippen molar-refractivity contribution < 1.29 is 13.9 Å². The lowest BCUT2D eigenvalue weighted by molar-refractivity contribution is 0.0946. The monoisotopic (exact) mass is 354 g/mol. The van der Waals surface area contributed by atoms with E-state index in [0.29, 0.717) is 23.9 Å². The topological polar surface area (TPSA) is 79.9 Å². The minimum absolute atomic E-state index is 0.241. The van der Waals surface area contributed by atoms with Crippen molar-refractivity contribution in [1.82, 2.24) is 20.5 Å². The number of benzene rings is 1. The molecule has 1 amide bonds. The molecule has 0 spiro atoms. The van der Waals surface area contributed by atoms with Crippen LogP contribution in [0.2, 0.25) is 0 Å². The van der Waals surface area contributed by atoms with Crippen molar-refractivity contribution >= 4 is 5.91 Å². The molecule has 6 nitrogen and oxygen atoms in total. The SMILES string of the molecule is CCCc1cc(C(=O)NCc2ccc(Oc3ccc(F)cc3)nc2)n[nH]1. The van der Waals surface area contributed by atoms with Crippen LogP contribution in [-0.4, -0.2) is 21.1 Å². The number of amides is 1. The summed E-state index contributed by atoms with van der Waals surface area (Å²) in [4.78, 5) is 16.3. The number of hydrogen-bond acceptors (Lipinski definition) is 4. The van der Waals surface area contributed by atoms with Gasteiger partial charge in [0.25, 0.3) is 5.91 Å². The van der Waals surface area contributed by atoms with E-state index in [1.807, 2.05) is 0 Å². The number of rotatable bonds is 7. The Morgan fingerprint density at radius 1 is 1.23 bits per heavy atom. The molecule has 3 aromatic rings. The molecule has 0 saturated heterocycles. The third kappa shape index (κ3) is 4.66. The zero-order valence-electron chi connectivity index (χ0n) is 14.3. The van der Waals surface area contributed by atoms with Gasteiger partial charge in [-0.1, -0.05) is 19.4 Å². The zero-order valence-corrected chi connectivity index (χ0v) is 14.3. The van der Waals surface area contributed by atoms with Crippen LogP contribution in [0.5, 0.6) is 11.6 Å². The fraction of sp³-hybridized carbons (Fsp3) is 0.211. The number of nitrogens with one attached hydrogen (secondary N) is 2. The maximum atomic E-state index is 12.9. The summed E-state index contributed by atoms with van der Waals surface area (Å²) in [6.45, 7) is 2.40. The average molecular weight is 354 g/mol. The summed E-state index contributed by atoms with van der Waals surface area (Å²) >= 11 is 0. The van der Waals surface area contributed by atoms with Gasteiger partial charge in [-0.3, -0.25) is 9.89 Å². The van der Waals surface area contributed by atoms with Crippen molar-refractivity contribution in [2.45, 2.75) is 26.3 Å². The van der Waals surface area contributed by atoms with Gasteiger partial charge in [0, 0.05) is 24.5 Å². The van der Waals surface area contributed by atoms with Crippen molar-refractivity contribution in [3.8, 4) is 11.6 Å². The van der Waals surface area contributed by atoms with Crippen LogP contribution >= 0.6 is 0 Å². The van der Waals surface area contributed by atoms with Gasteiger partial charge in [0.05, 0.1) is 0 Å². The van der Waals surface area contributed by atoms with E-state index < -0.39 is 0 Å². The molecule has 2 N–H and O–H groups in total. The normalized spacial score (nSPS) is 10.5. The van der Waals surface area contributed by atoms with Crippen molar-refractivity contribution in [3.63, 3.8) is 0 Å². The van der Waals surface area contributed by atoms with Gasteiger partial charge in [0.15, 0.2) is 0 Å². The number of pyridine rings is 1. The van der Waals surface area contributed by atoms with Gasteiger partial charge in [-0.25, -0.2) is 9.37 Å². The fourth-order valence-corrected chi connectivity index (χ4v) is 2.35. The third-order valence-electron chi connectivity index (χ3n) is 3.67. The lowest BCUT2D eigenvalue weighted by Crippen LogP contribution is -2.23. The molecule has 2 heterocycles. The molecule has 0 fully saturated rings. The third-order valence-corrected chi connectivity index (χ3v) is 3.67. The van der Waals surface area contributed by atoms with Crippen LogP contribution in [0.3, 0.4) is 0 Å². The van der Waals surface area contributed by atoms with E-state index in [1.54, 1.807) is 24.4 Å². The average Bonchev–Trinajstić information content (AvgIpc) is 3.12. The van der Waals surface area contributed by atoms with E-state index >= 15 is 0 Å². The number of aryl methyl sites for hydroxylation is 1. The summed E-state index contributed by atoms with van der Waals surface area (Å²) in [5, 5.41) is 9.67. The quantitative estimate of drug-likeness (QED) is 0.679. The van der Waals surface area contributed by atoms with Crippen molar-refractivity contribution in [2.24, 2.45) is 0 Å². The fourth-order valence-electron chi connectivity index (χ4n) is 2.35. The first-order chi connectivity index (χ1) is 12.6. The highest BCUT2D eigenvalue weighted by molar-refractivity contribution is 5.92. The molecule has 0 radical (unpaired) electrons. The lowest BCUT2D eigenvalue weighted by atomic mass is 10.2. The van der Waals surface area contributed by atoms with E-state index in [9.17, 15) is 9.18 Å². The van der Waals surface area contributed by atoms with E-state index in [4.69, 9.17) is 4.74 Å². The summed E-state index contributed by atoms with van der Waals surface area (Å²) in [5.41, 5.74) is 2.15. The molecule has 2 aromatic heterocycles. The number of aromatic nitrogens is 3. The Hall–Kier alpha value is -3.22. The number of hydrogen-bond donors (Lipinski definition) is 2. The molecule has 0 saturated carbocycles. The second-order valence-electron chi connectivity index (χ2n) is 5.77. The molecule has 3 rings (SSSR count). The van der Waals surface area contributed by atoms with Crippen LogP contribution in [0.25, 0.3) is 0 Å². The Morgan fingerprint density at radius 2 is 2.04 bits per heavy atom. The number of ether oxygens (including phenoxy) is 1. The minimum atomic E-state index is -0.324. The molecule has 0 aliphatic carbocycles. The highest BCUT2D eigenvalue weighted by Crippen LogP contribution is 2.19. The van der Waals surface area contributed by atoms with E-state index in [-0.39, 0.29) is 11.7 Å². The van der Waals surface area contributed by atoms with Gasteiger partial charge in [0.2, 0.25) is 5.88 Å². The highest BCUT2D eigenvalue weighted by Gasteiger charge is 2.10. The molecule has 26 heavy (non-hydrogen) atoms. The summed E-state index contributed by atoms with van der Waals surface area (Å²) in [6, 6.07) is 11.0.